The van der Waals surface area contributed by atoms with Crippen molar-refractivity contribution in [3.8, 4) is 11.1 Å². The zero-order chi connectivity index (χ0) is 22.3. The molecule has 31 heavy (non-hydrogen) atoms. The Morgan fingerprint density at radius 1 is 1.10 bits per heavy atom. The molecule has 0 aliphatic carbocycles. The maximum Gasteiger partial charge on any atom is 0.435 e. The van der Waals surface area contributed by atoms with Gasteiger partial charge in [0.1, 0.15) is 11.6 Å². The summed E-state index contributed by atoms with van der Waals surface area (Å²) in [5, 5.41) is 3.93. The van der Waals surface area contributed by atoms with E-state index in [1.165, 1.54) is 16.6 Å². The average Bonchev–Trinajstić information content (AvgIpc) is 3.08. The van der Waals surface area contributed by atoms with Crippen LogP contribution in [-0.2, 0) is 6.18 Å². The van der Waals surface area contributed by atoms with E-state index in [0.29, 0.717) is 24.6 Å². The van der Waals surface area contributed by atoms with Gasteiger partial charge in [0, 0.05) is 44.5 Å². The van der Waals surface area contributed by atoms with E-state index < -0.39 is 17.7 Å². The summed E-state index contributed by atoms with van der Waals surface area (Å²) >= 11 is 0. The number of rotatable bonds is 4. The third-order valence-corrected chi connectivity index (χ3v) is 5.29. The van der Waals surface area contributed by atoms with Gasteiger partial charge in [-0.3, -0.25) is 4.90 Å². The molecule has 9 heteroatoms. The van der Waals surface area contributed by atoms with E-state index in [0.717, 1.165) is 37.3 Å². The predicted molar refractivity (Wildman–Crippen MR) is 112 cm³/mol. The van der Waals surface area contributed by atoms with Crippen molar-refractivity contribution in [2.45, 2.75) is 20.0 Å². The van der Waals surface area contributed by atoms with Gasteiger partial charge in [-0.1, -0.05) is 24.3 Å². The molecule has 4 rings (SSSR count). The van der Waals surface area contributed by atoms with E-state index >= 15 is 0 Å². The highest BCUT2D eigenvalue weighted by atomic mass is 19.4. The minimum atomic E-state index is -4.68. The number of halogens is 4. The lowest BCUT2D eigenvalue weighted by Crippen LogP contribution is -2.47. The Morgan fingerprint density at radius 3 is 2.32 bits per heavy atom. The van der Waals surface area contributed by atoms with Crippen LogP contribution in [0, 0.1) is 12.7 Å². The van der Waals surface area contributed by atoms with Crippen LogP contribution in [0.15, 0.2) is 42.5 Å². The van der Waals surface area contributed by atoms with E-state index in [9.17, 15) is 17.6 Å². The van der Waals surface area contributed by atoms with Crippen LogP contribution in [0.4, 0.5) is 23.4 Å². The Bertz CT molecular complexity index is 1110. The van der Waals surface area contributed by atoms with Crippen molar-refractivity contribution in [2.24, 2.45) is 0 Å². The SMILES string of the molecule is C=C(C)CN1CCN(c2cc(C)nc3c(-c4ccc(F)cc4)c(C(F)(F)F)nn23)CC1. The highest BCUT2D eigenvalue weighted by Crippen LogP contribution is 2.39. The fourth-order valence-corrected chi connectivity index (χ4v) is 3.94. The van der Waals surface area contributed by atoms with E-state index in [4.69, 9.17) is 0 Å². The summed E-state index contributed by atoms with van der Waals surface area (Å²) in [6.45, 7) is 11.3. The Labute approximate surface area is 177 Å². The predicted octanol–water partition coefficient (Wildman–Crippen LogP) is 4.56. The van der Waals surface area contributed by atoms with Crippen molar-refractivity contribution in [1.82, 2.24) is 19.5 Å². The molecule has 0 radical (unpaired) electrons. The molecular formula is C22H23F4N5. The van der Waals surface area contributed by atoms with Gasteiger partial charge in [0.25, 0.3) is 0 Å². The summed E-state index contributed by atoms with van der Waals surface area (Å²) in [6, 6.07) is 6.67. The van der Waals surface area contributed by atoms with Crippen molar-refractivity contribution in [2.75, 3.05) is 37.6 Å². The number of anilines is 1. The highest BCUT2D eigenvalue weighted by molar-refractivity contribution is 5.81. The lowest BCUT2D eigenvalue weighted by molar-refractivity contribution is -0.140. The molecular weight excluding hydrogens is 410 g/mol. The number of hydrogen-bond donors (Lipinski definition) is 0. The lowest BCUT2D eigenvalue weighted by Gasteiger charge is -2.36. The molecule has 5 nitrogen and oxygen atoms in total. The topological polar surface area (TPSA) is 36.7 Å². The monoisotopic (exact) mass is 433 g/mol. The molecule has 2 aromatic heterocycles. The maximum absolute atomic E-state index is 13.9. The number of aromatic nitrogens is 3. The smallest absolute Gasteiger partial charge is 0.354 e. The third-order valence-electron chi connectivity index (χ3n) is 5.29. The summed E-state index contributed by atoms with van der Waals surface area (Å²) in [6.07, 6.45) is -4.68. The number of benzene rings is 1. The normalized spacial score (nSPS) is 15.6. The van der Waals surface area contributed by atoms with E-state index in [1.807, 2.05) is 11.8 Å². The minimum absolute atomic E-state index is 0.110. The van der Waals surface area contributed by atoms with Gasteiger partial charge in [-0.25, -0.2) is 9.37 Å². The van der Waals surface area contributed by atoms with Gasteiger partial charge in [-0.2, -0.15) is 22.8 Å². The van der Waals surface area contributed by atoms with E-state index in [1.54, 1.807) is 13.0 Å². The lowest BCUT2D eigenvalue weighted by atomic mass is 10.1. The Hall–Kier alpha value is -2.94. The van der Waals surface area contributed by atoms with Crippen molar-refractivity contribution in [3.05, 3.63) is 59.7 Å². The molecule has 0 N–H and O–H groups in total. The second kappa shape index (κ2) is 7.96. The first-order valence-corrected chi connectivity index (χ1v) is 9.98. The number of alkyl halides is 3. The fraction of sp³-hybridized carbons (Fsp3) is 0.364. The van der Waals surface area contributed by atoms with Gasteiger partial charge in [0.15, 0.2) is 11.3 Å². The van der Waals surface area contributed by atoms with Crippen LogP contribution in [0.2, 0.25) is 0 Å². The van der Waals surface area contributed by atoms with Crippen LogP contribution in [0.25, 0.3) is 16.8 Å². The summed E-state index contributed by atoms with van der Waals surface area (Å²) < 4.78 is 56.3. The number of nitrogens with zero attached hydrogens (tertiary/aromatic N) is 5. The van der Waals surface area contributed by atoms with Gasteiger partial charge >= 0.3 is 6.18 Å². The van der Waals surface area contributed by atoms with Gasteiger partial charge in [0.2, 0.25) is 0 Å². The summed E-state index contributed by atoms with van der Waals surface area (Å²) in [5.74, 6) is 0.0441. The molecule has 1 aromatic carbocycles. The number of aryl methyl sites for hydroxylation is 1. The van der Waals surface area contributed by atoms with Crippen LogP contribution in [-0.4, -0.2) is 52.2 Å². The van der Waals surface area contributed by atoms with Crippen LogP contribution in [0.1, 0.15) is 18.3 Å². The second-order valence-electron chi connectivity index (χ2n) is 7.94. The van der Waals surface area contributed by atoms with E-state index in [-0.39, 0.29) is 16.8 Å². The molecule has 0 saturated carbocycles. The molecule has 0 amide bonds. The molecule has 1 aliphatic heterocycles. The molecule has 1 saturated heterocycles. The number of fused-ring (bicyclic) bond motifs is 1. The van der Waals surface area contributed by atoms with Crippen molar-refractivity contribution < 1.29 is 17.6 Å². The standard InChI is InChI=1S/C22H23F4N5/c1-14(2)13-29-8-10-30(11-9-29)18-12-15(3)27-21-19(16-4-6-17(23)7-5-16)20(22(24,25)26)28-31(18)21/h4-7,12H,1,8-11,13H2,2-3H3. The minimum Gasteiger partial charge on any atom is -0.354 e. The summed E-state index contributed by atoms with van der Waals surface area (Å²) in [5.41, 5.74) is 0.820. The van der Waals surface area contributed by atoms with Crippen molar-refractivity contribution in [3.63, 3.8) is 0 Å². The quantitative estimate of drug-likeness (QED) is 0.447. The highest BCUT2D eigenvalue weighted by Gasteiger charge is 2.39. The Kier molecular flexibility index (Phi) is 5.47. The van der Waals surface area contributed by atoms with Crippen LogP contribution in [0.5, 0.6) is 0 Å². The fourth-order valence-electron chi connectivity index (χ4n) is 3.94. The van der Waals surface area contributed by atoms with Crippen LogP contribution < -0.4 is 4.90 Å². The number of piperazine rings is 1. The Morgan fingerprint density at radius 2 is 1.74 bits per heavy atom. The first kappa shape index (κ1) is 21.3. The zero-order valence-electron chi connectivity index (χ0n) is 17.4. The summed E-state index contributed by atoms with van der Waals surface area (Å²) in [7, 11) is 0. The third kappa shape index (κ3) is 4.27. The Balaban J connectivity index is 1.82. The average molecular weight is 433 g/mol. The zero-order valence-corrected chi connectivity index (χ0v) is 17.4. The largest absolute Gasteiger partial charge is 0.435 e. The molecule has 0 spiro atoms. The maximum atomic E-state index is 13.9. The second-order valence-corrected chi connectivity index (χ2v) is 7.94. The van der Waals surface area contributed by atoms with Crippen molar-refractivity contribution >= 4 is 11.5 Å². The van der Waals surface area contributed by atoms with Gasteiger partial charge in [0.05, 0.1) is 5.56 Å². The molecule has 0 bridgehead atoms. The van der Waals surface area contributed by atoms with Gasteiger partial charge in [-0.05, 0) is 31.5 Å². The first-order chi connectivity index (χ1) is 14.6. The van der Waals surface area contributed by atoms with Gasteiger partial charge in [-0.15, -0.1) is 0 Å². The van der Waals surface area contributed by atoms with Gasteiger partial charge < -0.3 is 4.90 Å². The molecule has 1 fully saturated rings. The van der Waals surface area contributed by atoms with E-state index in [2.05, 4.69) is 21.6 Å². The summed E-state index contributed by atoms with van der Waals surface area (Å²) in [4.78, 5) is 8.66. The van der Waals surface area contributed by atoms with Crippen LogP contribution in [0.3, 0.4) is 0 Å². The first-order valence-electron chi connectivity index (χ1n) is 9.98. The van der Waals surface area contributed by atoms with Crippen molar-refractivity contribution in [1.29, 1.82) is 0 Å². The number of hydrogen-bond acceptors (Lipinski definition) is 4. The molecule has 0 atom stereocenters. The molecule has 3 aromatic rings. The molecule has 164 valence electrons. The molecule has 0 unspecified atom stereocenters. The molecule has 3 heterocycles. The molecule has 1 aliphatic rings. The van der Waals surface area contributed by atoms with Crippen LogP contribution >= 0.6 is 0 Å².